The van der Waals surface area contributed by atoms with Gasteiger partial charge in [0.25, 0.3) is 0 Å². The second kappa shape index (κ2) is 6.53. The van der Waals surface area contributed by atoms with Gasteiger partial charge in [0.05, 0.1) is 10.7 Å². The zero-order valence-electron chi connectivity index (χ0n) is 12.9. The van der Waals surface area contributed by atoms with E-state index in [-0.39, 0.29) is 0 Å². The summed E-state index contributed by atoms with van der Waals surface area (Å²) < 4.78 is 6.09. The van der Waals surface area contributed by atoms with Crippen molar-refractivity contribution < 1.29 is 4.74 Å². The Balaban J connectivity index is 1.60. The Kier molecular flexibility index (Phi) is 4.70. The van der Waals surface area contributed by atoms with E-state index in [1.54, 1.807) is 0 Å². The van der Waals surface area contributed by atoms with Crippen molar-refractivity contribution in [2.24, 2.45) is 11.8 Å². The number of aromatic nitrogens is 1. The summed E-state index contributed by atoms with van der Waals surface area (Å²) in [5, 5.41) is 4.18. The van der Waals surface area contributed by atoms with Gasteiger partial charge in [-0.1, -0.05) is 25.4 Å². The zero-order valence-corrected chi connectivity index (χ0v) is 13.7. The Bertz CT molecular complexity index is 490. The number of hydrogen-bond donors (Lipinski definition) is 1. The highest BCUT2D eigenvalue weighted by Gasteiger charge is 2.26. The normalized spacial score (nSPS) is 29.4. The summed E-state index contributed by atoms with van der Waals surface area (Å²) >= 11 is 6.23. The second-order valence-electron chi connectivity index (χ2n) is 6.74. The highest BCUT2D eigenvalue weighted by molar-refractivity contribution is 6.31. The molecule has 21 heavy (non-hydrogen) atoms. The monoisotopic (exact) mass is 308 g/mol. The van der Waals surface area contributed by atoms with Crippen LogP contribution in [0.3, 0.4) is 0 Å². The topological polar surface area (TPSA) is 34.1 Å². The van der Waals surface area contributed by atoms with Crippen LogP contribution in [-0.2, 0) is 6.54 Å². The van der Waals surface area contributed by atoms with E-state index >= 15 is 0 Å². The van der Waals surface area contributed by atoms with Crippen LogP contribution in [0.1, 0.15) is 51.6 Å². The van der Waals surface area contributed by atoms with Crippen LogP contribution < -0.4 is 10.1 Å². The zero-order chi connectivity index (χ0) is 14.8. The molecule has 1 heterocycles. The van der Waals surface area contributed by atoms with Gasteiger partial charge < -0.3 is 10.1 Å². The fourth-order valence-electron chi connectivity index (χ4n) is 2.96. The van der Waals surface area contributed by atoms with Crippen LogP contribution in [0.25, 0.3) is 0 Å². The predicted octanol–water partition coefficient (Wildman–Crippen LogP) is 4.19. The van der Waals surface area contributed by atoms with Crippen LogP contribution in [-0.4, -0.2) is 17.1 Å². The van der Waals surface area contributed by atoms with Gasteiger partial charge in [0, 0.05) is 18.7 Å². The maximum atomic E-state index is 6.23. The van der Waals surface area contributed by atoms with Crippen molar-refractivity contribution in [3.8, 4) is 5.88 Å². The summed E-state index contributed by atoms with van der Waals surface area (Å²) in [5.41, 5.74) is 0.901. The maximum Gasteiger partial charge on any atom is 0.213 e. The molecule has 0 radical (unpaired) electrons. The number of rotatable bonds is 5. The quantitative estimate of drug-likeness (QED) is 0.885. The van der Waals surface area contributed by atoms with Crippen LogP contribution >= 0.6 is 11.6 Å². The Morgan fingerprint density at radius 1 is 1.19 bits per heavy atom. The van der Waals surface area contributed by atoms with Crippen LogP contribution in [0.4, 0.5) is 0 Å². The molecule has 3 nitrogen and oxygen atoms in total. The van der Waals surface area contributed by atoms with Crippen molar-refractivity contribution in [2.75, 3.05) is 0 Å². The smallest absolute Gasteiger partial charge is 0.213 e. The number of hydrogen-bond acceptors (Lipinski definition) is 3. The Morgan fingerprint density at radius 2 is 2.00 bits per heavy atom. The Labute approximate surface area is 132 Å². The van der Waals surface area contributed by atoms with Crippen molar-refractivity contribution in [1.29, 1.82) is 0 Å². The van der Waals surface area contributed by atoms with Gasteiger partial charge in [-0.25, -0.2) is 4.98 Å². The van der Waals surface area contributed by atoms with E-state index in [2.05, 4.69) is 24.1 Å². The highest BCUT2D eigenvalue weighted by atomic mass is 35.5. The lowest BCUT2D eigenvalue weighted by Gasteiger charge is -2.32. The van der Waals surface area contributed by atoms with Crippen molar-refractivity contribution in [1.82, 2.24) is 10.3 Å². The molecular weight excluding hydrogens is 284 g/mol. The molecule has 0 spiro atoms. The average Bonchev–Trinajstić information content (AvgIpc) is 3.28. The molecule has 0 saturated heterocycles. The molecule has 3 unspecified atom stereocenters. The minimum atomic E-state index is 0.300. The van der Waals surface area contributed by atoms with Gasteiger partial charge in [-0.3, -0.25) is 0 Å². The predicted molar refractivity (Wildman–Crippen MR) is 85.7 cm³/mol. The van der Waals surface area contributed by atoms with Gasteiger partial charge in [0.1, 0.15) is 6.10 Å². The SMILES string of the molecule is CC1CCC(Oc2ccc(Cl)c(CNC3CC3)n2)CC1C. The molecule has 2 aliphatic rings. The molecule has 2 saturated carbocycles. The van der Waals surface area contributed by atoms with E-state index in [0.29, 0.717) is 12.1 Å². The van der Waals surface area contributed by atoms with Gasteiger partial charge in [-0.15, -0.1) is 0 Å². The molecule has 3 atom stereocenters. The molecule has 0 aliphatic heterocycles. The van der Waals surface area contributed by atoms with Crippen molar-refractivity contribution in [2.45, 2.75) is 64.6 Å². The minimum absolute atomic E-state index is 0.300. The lowest BCUT2D eigenvalue weighted by molar-refractivity contribution is 0.0962. The molecule has 0 bridgehead atoms. The number of pyridine rings is 1. The summed E-state index contributed by atoms with van der Waals surface area (Å²) in [6.45, 7) is 5.39. The second-order valence-corrected chi connectivity index (χ2v) is 7.15. The van der Waals surface area contributed by atoms with E-state index < -0.39 is 0 Å². The molecule has 1 aromatic heterocycles. The molecule has 0 amide bonds. The molecule has 2 fully saturated rings. The summed E-state index contributed by atoms with van der Waals surface area (Å²) in [5.74, 6) is 2.26. The molecule has 4 heteroatoms. The van der Waals surface area contributed by atoms with E-state index in [4.69, 9.17) is 16.3 Å². The van der Waals surface area contributed by atoms with Crippen molar-refractivity contribution >= 4 is 11.6 Å². The summed E-state index contributed by atoms with van der Waals surface area (Å²) in [6, 6.07) is 4.46. The summed E-state index contributed by atoms with van der Waals surface area (Å²) in [6.07, 6.45) is 6.34. The third-order valence-corrected chi connectivity index (χ3v) is 5.21. The first-order valence-electron chi connectivity index (χ1n) is 8.17. The van der Waals surface area contributed by atoms with E-state index in [1.165, 1.54) is 19.3 Å². The van der Waals surface area contributed by atoms with E-state index in [9.17, 15) is 0 Å². The van der Waals surface area contributed by atoms with Gasteiger partial charge in [0.2, 0.25) is 5.88 Å². The third kappa shape index (κ3) is 4.10. The lowest BCUT2D eigenvalue weighted by atomic mass is 9.80. The Hall–Kier alpha value is -0.800. The van der Waals surface area contributed by atoms with Gasteiger partial charge in [-0.05, 0) is 50.0 Å². The van der Waals surface area contributed by atoms with E-state index in [0.717, 1.165) is 47.8 Å². The number of nitrogens with one attached hydrogen (secondary N) is 1. The number of halogens is 1. The number of nitrogens with zero attached hydrogens (tertiary/aromatic N) is 1. The molecule has 1 aromatic rings. The average molecular weight is 309 g/mol. The molecule has 3 rings (SSSR count). The highest BCUT2D eigenvalue weighted by Crippen LogP contribution is 2.32. The van der Waals surface area contributed by atoms with Crippen molar-refractivity contribution in [3.05, 3.63) is 22.8 Å². The van der Waals surface area contributed by atoms with E-state index in [1.807, 2.05) is 12.1 Å². The molecule has 2 aliphatic carbocycles. The lowest BCUT2D eigenvalue weighted by Crippen LogP contribution is -2.29. The first-order valence-corrected chi connectivity index (χ1v) is 8.55. The fourth-order valence-corrected chi connectivity index (χ4v) is 3.13. The third-order valence-electron chi connectivity index (χ3n) is 4.87. The summed E-state index contributed by atoms with van der Waals surface area (Å²) in [4.78, 5) is 4.59. The van der Waals surface area contributed by atoms with Crippen LogP contribution in [0.5, 0.6) is 5.88 Å². The van der Waals surface area contributed by atoms with Crippen LogP contribution in [0.15, 0.2) is 12.1 Å². The summed E-state index contributed by atoms with van der Waals surface area (Å²) in [7, 11) is 0. The largest absolute Gasteiger partial charge is 0.474 e. The molecular formula is C17H25ClN2O. The Morgan fingerprint density at radius 3 is 2.71 bits per heavy atom. The molecule has 116 valence electrons. The first-order chi connectivity index (χ1) is 10.1. The van der Waals surface area contributed by atoms with Crippen LogP contribution in [0.2, 0.25) is 5.02 Å². The van der Waals surface area contributed by atoms with Gasteiger partial charge >= 0.3 is 0 Å². The minimum Gasteiger partial charge on any atom is -0.474 e. The van der Waals surface area contributed by atoms with Crippen LogP contribution in [0, 0.1) is 11.8 Å². The van der Waals surface area contributed by atoms with Gasteiger partial charge in [0.15, 0.2) is 0 Å². The fraction of sp³-hybridized carbons (Fsp3) is 0.706. The standard InChI is InChI=1S/C17H25ClN2O/c1-11-3-6-14(9-12(11)2)21-17-8-7-15(18)16(20-17)10-19-13-4-5-13/h7-8,11-14,19H,3-6,9-10H2,1-2H3. The van der Waals surface area contributed by atoms with Gasteiger partial charge in [-0.2, -0.15) is 0 Å². The molecule has 1 N–H and O–H groups in total. The van der Waals surface area contributed by atoms with Crippen molar-refractivity contribution in [3.63, 3.8) is 0 Å². The molecule has 0 aromatic carbocycles. The maximum absolute atomic E-state index is 6.23. The first kappa shape index (κ1) is 15.1. The number of ether oxygens (including phenoxy) is 1.